The van der Waals surface area contributed by atoms with Gasteiger partial charge in [0.25, 0.3) is 0 Å². The highest BCUT2D eigenvalue weighted by atomic mass is 32.1. The van der Waals surface area contributed by atoms with Crippen molar-refractivity contribution in [1.29, 1.82) is 0 Å². The Kier molecular flexibility index (Phi) is 5.14. The summed E-state index contributed by atoms with van der Waals surface area (Å²) in [5, 5.41) is 8.89. The third-order valence-electron chi connectivity index (χ3n) is 2.07. The summed E-state index contributed by atoms with van der Waals surface area (Å²) >= 11 is 1.61. The average Bonchev–Trinajstić information content (AvgIpc) is 2.68. The van der Waals surface area contributed by atoms with E-state index in [-0.39, 0.29) is 11.9 Å². The van der Waals surface area contributed by atoms with Crippen molar-refractivity contribution in [2.24, 2.45) is 0 Å². The first-order valence-electron chi connectivity index (χ1n) is 5.16. The second kappa shape index (κ2) is 6.40. The van der Waals surface area contributed by atoms with Gasteiger partial charge in [-0.1, -0.05) is 6.08 Å². The molecule has 0 aliphatic heterocycles. The third-order valence-corrected chi connectivity index (χ3v) is 2.89. The molecule has 0 bridgehead atoms. The zero-order chi connectivity index (χ0) is 12.0. The molecule has 0 aromatic carbocycles. The number of nitrogens with zero attached hydrogens (tertiary/aromatic N) is 1. The lowest BCUT2D eigenvalue weighted by molar-refractivity contribution is -0.122. The van der Waals surface area contributed by atoms with Gasteiger partial charge in [0.1, 0.15) is 0 Å². The van der Waals surface area contributed by atoms with Gasteiger partial charge in [0, 0.05) is 18.5 Å². The summed E-state index contributed by atoms with van der Waals surface area (Å²) < 4.78 is 0. The smallest absolute Gasteiger partial charge is 0.237 e. The molecule has 1 heterocycles. The van der Waals surface area contributed by atoms with E-state index in [0.29, 0.717) is 13.1 Å². The van der Waals surface area contributed by atoms with Crippen LogP contribution in [0, 0.1) is 6.92 Å². The first-order chi connectivity index (χ1) is 7.63. The van der Waals surface area contributed by atoms with Crippen LogP contribution in [0.3, 0.4) is 0 Å². The summed E-state index contributed by atoms with van der Waals surface area (Å²) in [5.41, 5.74) is 0.978. The molecule has 1 amide bonds. The van der Waals surface area contributed by atoms with Gasteiger partial charge in [-0.15, -0.1) is 17.9 Å². The molecule has 0 saturated carbocycles. The molecule has 1 unspecified atom stereocenters. The number of hydrogen-bond acceptors (Lipinski definition) is 4. The number of hydrogen-bond donors (Lipinski definition) is 2. The lowest BCUT2D eigenvalue weighted by Crippen LogP contribution is -2.41. The first kappa shape index (κ1) is 12.9. The zero-order valence-electron chi connectivity index (χ0n) is 9.62. The van der Waals surface area contributed by atoms with Crippen molar-refractivity contribution in [1.82, 2.24) is 15.6 Å². The Morgan fingerprint density at radius 1 is 1.75 bits per heavy atom. The molecular formula is C11H17N3OS. The predicted octanol–water partition coefficient (Wildman–Crippen LogP) is 1.23. The van der Waals surface area contributed by atoms with Crippen LogP contribution in [0.5, 0.6) is 0 Å². The molecule has 0 fully saturated rings. The normalized spacial score (nSPS) is 12.1. The van der Waals surface area contributed by atoms with Crippen molar-refractivity contribution in [3.05, 3.63) is 28.7 Å². The van der Waals surface area contributed by atoms with Gasteiger partial charge in [0.2, 0.25) is 5.91 Å². The predicted molar refractivity (Wildman–Crippen MR) is 66.4 cm³/mol. The molecule has 16 heavy (non-hydrogen) atoms. The van der Waals surface area contributed by atoms with Crippen LogP contribution < -0.4 is 10.6 Å². The summed E-state index contributed by atoms with van der Waals surface area (Å²) in [6, 6.07) is -0.220. The highest BCUT2D eigenvalue weighted by Gasteiger charge is 2.11. The number of aryl methyl sites for hydroxylation is 1. The van der Waals surface area contributed by atoms with E-state index in [4.69, 9.17) is 0 Å². The fraction of sp³-hybridized carbons (Fsp3) is 0.455. The van der Waals surface area contributed by atoms with E-state index < -0.39 is 0 Å². The highest BCUT2D eigenvalue weighted by Crippen LogP contribution is 2.07. The number of carbonyl (C=O) groups is 1. The fourth-order valence-electron chi connectivity index (χ4n) is 1.17. The van der Waals surface area contributed by atoms with Gasteiger partial charge < -0.3 is 10.6 Å². The summed E-state index contributed by atoms with van der Waals surface area (Å²) in [6.07, 6.45) is 1.66. The van der Waals surface area contributed by atoms with Crippen LogP contribution >= 0.6 is 11.3 Å². The number of nitrogens with one attached hydrogen (secondary N) is 2. The molecule has 1 rings (SSSR count). The molecular weight excluding hydrogens is 222 g/mol. The topological polar surface area (TPSA) is 54.0 Å². The van der Waals surface area contributed by atoms with Crippen molar-refractivity contribution < 1.29 is 4.79 Å². The summed E-state index contributed by atoms with van der Waals surface area (Å²) in [4.78, 5) is 15.8. The van der Waals surface area contributed by atoms with Crippen LogP contribution in [0.25, 0.3) is 0 Å². The highest BCUT2D eigenvalue weighted by molar-refractivity contribution is 7.09. The van der Waals surface area contributed by atoms with E-state index in [1.165, 1.54) is 0 Å². The van der Waals surface area contributed by atoms with Crippen LogP contribution in [0.15, 0.2) is 18.0 Å². The van der Waals surface area contributed by atoms with Crippen LogP contribution in [-0.4, -0.2) is 23.5 Å². The van der Waals surface area contributed by atoms with Crippen molar-refractivity contribution in [3.8, 4) is 0 Å². The standard InChI is InChI=1S/C11H17N3OS/c1-4-5-12-11(15)8(2)13-6-10-7-16-9(3)14-10/h4,7-8,13H,1,5-6H2,2-3H3,(H,12,15). The van der Waals surface area contributed by atoms with Gasteiger partial charge in [0.15, 0.2) is 0 Å². The van der Waals surface area contributed by atoms with Gasteiger partial charge in [-0.2, -0.15) is 0 Å². The molecule has 0 aliphatic carbocycles. The maximum Gasteiger partial charge on any atom is 0.237 e. The van der Waals surface area contributed by atoms with E-state index in [1.54, 1.807) is 17.4 Å². The molecule has 1 atom stereocenters. The number of carbonyl (C=O) groups excluding carboxylic acids is 1. The van der Waals surface area contributed by atoms with E-state index in [1.807, 2.05) is 19.2 Å². The maximum atomic E-state index is 11.5. The van der Waals surface area contributed by atoms with Crippen molar-refractivity contribution >= 4 is 17.2 Å². The minimum atomic E-state index is -0.220. The number of aromatic nitrogens is 1. The summed E-state index contributed by atoms with van der Waals surface area (Å²) in [5.74, 6) is -0.0214. The zero-order valence-corrected chi connectivity index (χ0v) is 10.4. The molecule has 0 saturated heterocycles. The fourth-order valence-corrected chi connectivity index (χ4v) is 1.78. The quantitative estimate of drug-likeness (QED) is 0.734. The lowest BCUT2D eigenvalue weighted by atomic mass is 10.3. The van der Waals surface area contributed by atoms with Crippen molar-refractivity contribution in [2.45, 2.75) is 26.4 Å². The second-order valence-electron chi connectivity index (χ2n) is 3.49. The van der Waals surface area contributed by atoms with E-state index in [0.717, 1.165) is 10.7 Å². The van der Waals surface area contributed by atoms with E-state index in [2.05, 4.69) is 22.2 Å². The van der Waals surface area contributed by atoms with Crippen LogP contribution in [0.1, 0.15) is 17.6 Å². The third kappa shape index (κ3) is 4.12. The van der Waals surface area contributed by atoms with Gasteiger partial charge in [-0.25, -0.2) is 4.98 Å². The molecule has 1 aromatic heterocycles. The van der Waals surface area contributed by atoms with E-state index >= 15 is 0 Å². The Hall–Kier alpha value is -1.20. The van der Waals surface area contributed by atoms with Gasteiger partial charge >= 0.3 is 0 Å². The van der Waals surface area contributed by atoms with Crippen LogP contribution in [0.4, 0.5) is 0 Å². The molecule has 5 heteroatoms. The minimum Gasteiger partial charge on any atom is -0.351 e. The second-order valence-corrected chi connectivity index (χ2v) is 4.56. The number of thiazole rings is 1. The van der Waals surface area contributed by atoms with Crippen LogP contribution in [-0.2, 0) is 11.3 Å². The number of amides is 1. The molecule has 2 N–H and O–H groups in total. The molecule has 1 aromatic rings. The summed E-state index contributed by atoms with van der Waals surface area (Å²) in [7, 11) is 0. The minimum absolute atomic E-state index is 0.0214. The Bertz CT molecular complexity index is 362. The average molecular weight is 239 g/mol. The van der Waals surface area contributed by atoms with Gasteiger partial charge in [-0.05, 0) is 13.8 Å². The molecule has 0 spiro atoms. The molecule has 88 valence electrons. The summed E-state index contributed by atoms with van der Waals surface area (Å²) in [6.45, 7) is 8.46. The van der Waals surface area contributed by atoms with Crippen molar-refractivity contribution in [3.63, 3.8) is 0 Å². The Balaban J connectivity index is 2.31. The maximum absolute atomic E-state index is 11.5. The monoisotopic (exact) mass is 239 g/mol. The molecule has 4 nitrogen and oxygen atoms in total. The SMILES string of the molecule is C=CCNC(=O)C(C)NCc1csc(C)n1. The first-order valence-corrected chi connectivity index (χ1v) is 6.04. The van der Waals surface area contributed by atoms with Crippen molar-refractivity contribution in [2.75, 3.05) is 6.54 Å². The van der Waals surface area contributed by atoms with Crippen LogP contribution in [0.2, 0.25) is 0 Å². The van der Waals surface area contributed by atoms with E-state index in [9.17, 15) is 4.79 Å². The van der Waals surface area contributed by atoms with Gasteiger partial charge in [-0.3, -0.25) is 4.79 Å². The van der Waals surface area contributed by atoms with Gasteiger partial charge in [0.05, 0.1) is 16.7 Å². The molecule has 0 radical (unpaired) electrons. The largest absolute Gasteiger partial charge is 0.351 e. The molecule has 0 aliphatic rings. The lowest BCUT2D eigenvalue weighted by Gasteiger charge is -2.12. The Morgan fingerprint density at radius 3 is 3.06 bits per heavy atom. The number of rotatable bonds is 6. The Morgan fingerprint density at radius 2 is 2.50 bits per heavy atom. The Labute approximate surface area is 99.8 Å².